The highest BCUT2D eigenvalue weighted by Crippen LogP contribution is 2.20. The van der Waals surface area contributed by atoms with E-state index >= 15 is 0 Å². The third-order valence-corrected chi connectivity index (χ3v) is 5.44. The number of rotatable bonds is 6. The van der Waals surface area contributed by atoms with Gasteiger partial charge in [-0.15, -0.1) is 0 Å². The quantitative estimate of drug-likeness (QED) is 0.684. The molecular weight excluding hydrogens is 380 g/mol. The molecule has 158 valence electrons. The molecule has 7 nitrogen and oxygen atoms in total. The van der Waals surface area contributed by atoms with Crippen molar-refractivity contribution >= 4 is 23.4 Å². The molecule has 3 amide bonds. The number of benzene rings is 2. The molecule has 30 heavy (non-hydrogen) atoms. The lowest BCUT2D eigenvalue weighted by atomic mass is 9.99. The molecule has 1 aliphatic rings. The van der Waals surface area contributed by atoms with E-state index in [1.807, 2.05) is 42.2 Å². The van der Waals surface area contributed by atoms with Crippen molar-refractivity contribution in [2.24, 2.45) is 0 Å². The van der Waals surface area contributed by atoms with Gasteiger partial charge in [0.25, 0.3) is 5.91 Å². The van der Waals surface area contributed by atoms with Gasteiger partial charge in [-0.05, 0) is 38.5 Å². The SMILES string of the molecule is CC(NC(=O)c1ccccc1NC(=O)CN1CCNC(=O)C1(C)C)c1ccccc1. The number of carbonyl (C=O) groups excluding carboxylic acids is 3. The van der Waals surface area contributed by atoms with Crippen molar-refractivity contribution in [1.82, 2.24) is 15.5 Å². The summed E-state index contributed by atoms with van der Waals surface area (Å²) in [6.07, 6.45) is 0. The first-order valence-electron chi connectivity index (χ1n) is 10.1. The van der Waals surface area contributed by atoms with Crippen LogP contribution in [-0.2, 0) is 9.59 Å². The minimum absolute atomic E-state index is 0.0663. The maximum absolute atomic E-state index is 12.8. The molecule has 3 N–H and O–H groups in total. The van der Waals surface area contributed by atoms with Crippen molar-refractivity contribution in [1.29, 1.82) is 0 Å². The molecule has 2 aromatic rings. The van der Waals surface area contributed by atoms with Gasteiger partial charge >= 0.3 is 0 Å². The van der Waals surface area contributed by atoms with Crippen molar-refractivity contribution in [2.45, 2.75) is 32.4 Å². The van der Waals surface area contributed by atoms with Gasteiger partial charge in [-0.2, -0.15) is 0 Å². The molecule has 1 unspecified atom stereocenters. The Kier molecular flexibility index (Phi) is 6.52. The smallest absolute Gasteiger partial charge is 0.253 e. The van der Waals surface area contributed by atoms with Gasteiger partial charge in [-0.1, -0.05) is 42.5 Å². The van der Waals surface area contributed by atoms with Crippen LogP contribution >= 0.6 is 0 Å². The van der Waals surface area contributed by atoms with Crippen molar-refractivity contribution in [3.8, 4) is 0 Å². The Morgan fingerprint density at radius 2 is 1.77 bits per heavy atom. The van der Waals surface area contributed by atoms with Gasteiger partial charge in [0.1, 0.15) is 0 Å². The Morgan fingerprint density at radius 3 is 2.50 bits per heavy atom. The van der Waals surface area contributed by atoms with Gasteiger partial charge in [0, 0.05) is 13.1 Å². The third kappa shape index (κ3) is 4.86. The summed E-state index contributed by atoms with van der Waals surface area (Å²) in [5.74, 6) is -0.634. The second-order valence-corrected chi connectivity index (χ2v) is 7.94. The Morgan fingerprint density at radius 1 is 1.10 bits per heavy atom. The van der Waals surface area contributed by atoms with Gasteiger partial charge in [0.05, 0.1) is 29.4 Å². The highest BCUT2D eigenvalue weighted by Gasteiger charge is 2.38. The monoisotopic (exact) mass is 408 g/mol. The van der Waals surface area contributed by atoms with Crippen LogP contribution in [0.4, 0.5) is 5.69 Å². The predicted molar refractivity (Wildman–Crippen MR) is 116 cm³/mol. The molecule has 0 spiro atoms. The number of nitrogens with one attached hydrogen (secondary N) is 3. The zero-order chi connectivity index (χ0) is 21.7. The molecule has 0 aliphatic carbocycles. The fourth-order valence-corrected chi connectivity index (χ4v) is 3.47. The molecule has 1 heterocycles. The molecule has 1 aliphatic heterocycles. The number of piperazine rings is 1. The van der Waals surface area contributed by atoms with E-state index in [2.05, 4.69) is 16.0 Å². The topological polar surface area (TPSA) is 90.5 Å². The number of hydrogen-bond acceptors (Lipinski definition) is 4. The Bertz CT molecular complexity index is 927. The number of anilines is 1. The van der Waals surface area contributed by atoms with Gasteiger partial charge in [0.2, 0.25) is 11.8 Å². The van der Waals surface area contributed by atoms with Gasteiger partial charge in [-0.3, -0.25) is 19.3 Å². The van der Waals surface area contributed by atoms with Crippen LogP contribution in [-0.4, -0.2) is 47.8 Å². The average molecular weight is 409 g/mol. The standard InChI is InChI=1S/C23H28N4O3/c1-16(17-9-5-4-6-10-17)25-21(29)18-11-7-8-12-19(18)26-20(28)15-27-14-13-24-22(30)23(27,2)3/h4-12,16H,13-15H2,1-3H3,(H,24,30)(H,25,29)(H,26,28). The summed E-state index contributed by atoms with van der Waals surface area (Å²) in [7, 11) is 0. The lowest BCUT2D eigenvalue weighted by Crippen LogP contribution is -2.62. The summed E-state index contributed by atoms with van der Waals surface area (Å²) < 4.78 is 0. The lowest BCUT2D eigenvalue weighted by molar-refractivity contribution is -0.136. The summed E-state index contributed by atoms with van der Waals surface area (Å²) >= 11 is 0. The molecule has 0 saturated carbocycles. The largest absolute Gasteiger partial charge is 0.353 e. The lowest BCUT2D eigenvalue weighted by Gasteiger charge is -2.40. The first-order chi connectivity index (χ1) is 14.3. The zero-order valence-electron chi connectivity index (χ0n) is 17.6. The van der Waals surface area contributed by atoms with Crippen LogP contribution in [0.15, 0.2) is 54.6 Å². The van der Waals surface area contributed by atoms with E-state index in [9.17, 15) is 14.4 Å². The van der Waals surface area contributed by atoms with Crippen LogP contribution in [0.5, 0.6) is 0 Å². The predicted octanol–water partition coefficient (Wildman–Crippen LogP) is 2.33. The average Bonchev–Trinajstić information content (AvgIpc) is 2.72. The maximum atomic E-state index is 12.8. The van der Waals surface area contributed by atoms with E-state index < -0.39 is 5.54 Å². The van der Waals surface area contributed by atoms with Crippen LogP contribution in [0.3, 0.4) is 0 Å². The van der Waals surface area contributed by atoms with Crippen LogP contribution in [0.1, 0.15) is 42.7 Å². The highest BCUT2D eigenvalue weighted by molar-refractivity contribution is 6.04. The molecule has 0 bridgehead atoms. The summed E-state index contributed by atoms with van der Waals surface area (Å²) in [4.78, 5) is 39.4. The number of hydrogen-bond donors (Lipinski definition) is 3. The second kappa shape index (κ2) is 9.09. The summed E-state index contributed by atoms with van der Waals surface area (Å²) in [5.41, 5.74) is 1.07. The van der Waals surface area contributed by atoms with Crippen LogP contribution in [0.2, 0.25) is 0 Å². The Hall–Kier alpha value is -3.19. The third-order valence-electron chi connectivity index (χ3n) is 5.44. The fourth-order valence-electron chi connectivity index (χ4n) is 3.47. The zero-order valence-corrected chi connectivity index (χ0v) is 17.6. The Balaban J connectivity index is 1.68. The van der Waals surface area contributed by atoms with Gasteiger partial charge in [-0.25, -0.2) is 0 Å². The van der Waals surface area contributed by atoms with Crippen molar-refractivity contribution in [2.75, 3.05) is 25.0 Å². The molecule has 0 radical (unpaired) electrons. The summed E-state index contributed by atoms with van der Waals surface area (Å²) in [6.45, 7) is 6.66. The number of nitrogens with zero attached hydrogens (tertiary/aromatic N) is 1. The normalized spacial score (nSPS) is 17.0. The number of para-hydroxylation sites is 1. The molecule has 7 heteroatoms. The van der Waals surface area contributed by atoms with Crippen LogP contribution < -0.4 is 16.0 Å². The first-order valence-corrected chi connectivity index (χ1v) is 10.1. The van der Waals surface area contributed by atoms with E-state index in [1.54, 1.807) is 38.1 Å². The molecule has 1 fully saturated rings. The van der Waals surface area contributed by atoms with Crippen molar-refractivity contribution in [3.05, 3.63) is 65.7 Å². The van der Waals surface area contributed by atoms with Gasteiger partial charge in [0.15, 0.2) is 0 Å². The molecule has 1 atom stereocenters. The van der Waals surface area contributed by atoms with E-state index in [-0.39, 0.29) is 30.3 Å². The van der Waals surface area contributed by atoms with E-state index in [4.69, 9.17) is 0 Å². The van der Waals surface area contributed by atoms with Gasteiger partial charge < -0.3 is 16.0 Å². The summed E-state index contributed by atoms with van der Waals surface area (Å²) in [5, 5.41) is 8.62. The highest BCUT2D eigenvalue weighted by atomic mass is 16.2. The molecule has 1 saturated heterocycles. The first kappa shape index (κ1) is 21.5. The Labute approximate surface area is 176 Å². The minimum Gasteiger partial charge on any atom is -0.353 e. The second-order valence-electron chi connectivity index (χ2n) is 7.94. The summed E-state index contributed by atoms with van der Waals surface area (Å²) in [6, 6.07) is 16.4. The molecular formula is C23H28N4O3. The molecule has 2 aromatic carbocycles. The van der Waals surface area contributed by atoms with Crippen LogP contribution in [0, 0.1) is 0 Å². The van der Waals surface area contributed by atoms with E-state index in [0.717, 1.165) is 5.56 Å². The maximum Gasteiger partial charge on any atom is 0.253 e. The van der Waals surface area contributed by atoms with Crippen LogP contribution in [0.25, 0.3) is 0 Å². The van der Waals surface area contributed by atoms with E-state index in [1.165, 1.54) is 0 Å². The molecule has 0 aromatic heterocycles. The fraction of sp³-hybridized carbons (Fsp3) is 0.348. The molecule has 3 rings (SSSR count). The van der Waals surface area contributed by atoms with E-state index in [0.29, 0.717) is 24.3 Å². The number of amides is 3. The van der Waals surface area contributed by atoms with Crippen molar-refractivity contribution in [3.63, 3.8) is 0 Å². The number of carbonyl (C=O) groups is 3. The van der Waals surface area contributed by atoms with Crippen molar-refractivity contribution < 1.29 is 14.4 Å². The minimum atomic E-state index is -0.766.